The van der Waals surface area contributed by atoms with Gasteiger partial charge in [-0.2, -0.15) is 0 Å². The smallest absolute Gasteiger partial charge is 0.0740 e. The second-order valence-corrected chi connectivity index (χ2v) is 5.20. The topological polar surface area (TPSA) is 53.0 Å². The molecule has 0 N–H and O–H groups in total. The van der Waals surface area contributed by atoms with E-state index in [2.05, 4.69) is 4.98 Å². The maximum atomic E-state index is 11.6. The average molecular weight is 297 g/mol. The molecule has 0 saturated heterocycles. The van der Waals surface area contributed by atoms with E-state index in [0.717, 1.165) is 5.56 Å². The Morgan fingerprint density at radius 2 is 1.86 bits per heavy atom. The van der Waals surface area contributed by atoms with Crippen LogP contribution < -0.4 is 5.11 Å². The molecule has 1 aromatic heterocycles. The summed E-state index contributed by atoms with van der Waals surface area (Å²) in [7, 11) is 0. The molecule has 0 aliphatic rings. The maximum absolute atomic E-state index is 11.6. The fourth-order valence-corrected chi connectivity index (χ4v) is 2.68. The molecule has 0 amide bonds. The minimum Gasteiger partial charge on any atom is -0.545 e. The number of aryl methyl sites for hydroxylation is 1. The van der Waals surface area contributed by atoms with E-state index in [1.165, 1.54) is 0 Å². The number of fused-ring (bicyclic) bond motifs is 1. The Kier molecular flexibility index (Phi) is 3.35. The predicted octanol–water partition coefficient (Wildman–Crippen LogP) is 3.23. The molecule has 0 spiro atoms. The summed E-state index contributed by atoms with van der Waals surface area (Å²) in [5.41, 5.74) is 2.65. The number of hydrogen-bond donors (Lipinski definition) is 0. The summed E-state index contributed by atoms with van der Waals surface area (Å²) in [6.45, 7) is 1.67. The third-order valence-electron chi connectivity index (χ3n) is 3.39. The monoisotopic (exact) mass is 296 g/mol. The SMILES string of the molecule is Cc1nc2ccc(Cl)cc2c(-c2ccccc2)c1C(=O)[O-]. The van der Waals surface area contributed by atoms with Crippen LogP contribution in [-0.4, -0.2) is 11.0 Å². The second kappa shape index (κ2) is 5.19. The van der Waals surface area contributed by atoms with Crippen LogP contribution in [0.25, 0.3) is 22.0 Å². The summed E-state index contributed by atoms with van der Waals surface area (Å²) in [5.74, 6) is -1.24. The van der Waals surface area contributed by atoms with Crippen molar-refractivity contribution in [2.24, 2.45) is 0 Å². The molecule has 21 heavy (non-hydrogen) atoms. The lowest BCUT2D eigenvalue weighted by molar-refractivity contribution is -0.255. The Balaban J connectivity index is 2.50. The molecule has 2 aromatic carbocycles. The summed E-state index contributed by atoms with van der Waals surface area (Å²) in [6, 6.07) is 14.6. The molecule has 3 aromatic rings. The third kappa shape index (κ3) is 2.36. The van der Waals surface area contributed by atoms with Gasteiger partial charge in [-0.05, 0) is 30.7 Å². The van der Waals surface area contributed by atoms with Crippen LogP contribution in [0.5, 0.6) is 0 Å². The molecular weight excluding hydrogens is 286 g/mol. The Morgan fingerprint density at radius 1 is 1.14 bits per heavy atom. The number of aromatic carboxylic acids is 1. The maximum Gasteiger partial charge on any atom is 0.0740 e. The number of hydrogen-bond acceptors (Lipinski definition) is 3. The molecule has 4 heteroatoms. The molecule has 1 heterocycles. The van der Waals surface area contributed by atoms with Gasteiger partial charge in [0.05, 0.1) is 11.5 Å². The molecule has 0 fully saturated rings. The lowest BCUT2D eigenvalue weighted by atomic mass is 9.94. The summed E-state index contributed by atoms with van der Waals surface area (Å²) in [5, 5.41) is 12.8. The Bertz CT molecular complexity index is 844. The van der Waals surface area contributed by atoms with Crippen molar-refractivity contribution < 1.29 is 9.90 Å². The zero-order chi connectivity index (χ0) is 15.0. The first-order chi connectivity index (χ1) is 10.1. The van der Waals surface area contributed by atoms with Crippen LogP contribution in [0.15, 0.2) is 48.5 Å². The normalized spacial score (nSPS) is 10.8. The van der Waals surface area contributed by atoms with Crippen molar-refractivity contribution in [1.29, 1.82) is 0 Å². The Morgan fingerprint density at radius 3 is 2.52 bits per heavy atom. The van der Waals surface area contributed by atoms with Gasteiger partial charge in [0, 0.05) is 27.2 Å². The number of aromatic nitrogens is 1. The Labute approximate surface area is 126 Å². The second-order valence-electron chi connectivity index (χ2n) is 4.76. The van der Waals surface area contributed by atoms with Crippen LogP contribution in [0.3, 0.4) is 0 Å². The molecule has 0 aliphatic heterocycles. The predicted molar refractivity (Wildman–Crippen MR) is 81.3 cm³/mol. The van der Waals surface area contributed by atoms with Gasteiger partial charge < -0.3 is 9.90 Å². The van der Waals surface area contributed by atoms with Crippen molar-refractivity contribution in [3.63, 3.8) is 0 Å². The van der Waals surface area contributed by atoms with Crippen LogP contribution in [0.2, 0.25) is 5.02 Å². The fraction of sp³-hybridized carbons (Fsp3) is 0.0588. The molecular formula is C17H11ClNO2-. The van der Waals surface area contributed by atoms with Gasteiger partial charge in [0.1, 0.15) is 0 Å². The van der Waals surface area contributed by atoms with Gasteiger partial charge in [-0.15, -0.1) is 0 Å². The van der Waals surface area contributed by atoms with Gasteiger partial charge in [-0.1, -0.05) is 41.9 Å². The van der Waals surface area contributed by atoms with Gasteiger partial charge >= 0.3 is 0 Å². The summed E-state index contributed by atoms with van der Waals surface area (Å²) < 4.78 is 0. The van der Waals surface area contributed by atoms with Crippen molar-refractivity contribution >= 4 is 28.5 Å². The van der Waals surface area contributed by atoms with E-state index in [0.29, 0.717) is 27.2 Å². The average Bonchev–Trinajstić information content (AvgIpc) is 2.47. The minimum atomic E-state index is -1.24. The first-order valence-corrected chi connectivity index (χ1v) is 6.82. The highest BCUT2D eigenvalue weighted by Crippen LogP contribution is 2.34. The third-order valence-corrected chi connectivity index (χ3v) is 3.63. The molecule has 0 saturated carbocycles. The van der Waals surface area contributed by atoms with Crippen LogP contribution in [0.1, 0.15) is 16.1 Å². The Hall–Kier alpha value is -2.39. The molecule has 0 unspecified atom stereocenters. The fourth-order valence-electron chi connectivity index (χ4n) is 2.51. The number of carboxylic acid groups (broad SMARTS) is 1. The van der Waals surface area contributed by atoms with E-state index in [1.54, 1.807) is 25.1 Å². The van der Waals surface area contributed by atoms with Crippen LogP contribution >= 0.6 is 11.6 Å². The zero-order valence-electron chi connectivity index (χ0n) is 11.3. The van der Waals surface area contributed by atoms with Crippen molar-refractivity contribution in [3.8, 4) is 11.1 Å². The van der Waals surface area contributed by atoms with Crippen molar-refractivity contribution in [1.82, 2.24) is 4.98 Å². The molecule has 0 atom stereocenters. The standard InChI is InChI=1S/C17H12ClNO2/c1-10-15(17(20)21)16(11-5-3-2-4-6-11)13-9-12(18)7-8-14(13)19-10/h2-9H,1H3,(H,20,21)/p-1. The van der Waals surface area contributed by atoms with Crippen LogP contribution in [0, 0.1) is 6.92 Å². The lowest BCUT2D eigenvalue weighted by Crippen LogP contribution is -2.24. The summed E-state index contributed by atoms with van der Waals surface area (Å²) in [4.78, 5) is 15.9. The van der Waals surface area contributed by atoms with Gasteiger partial charge in [0.25, 0.3) is 0 Å². The van der Waals surface area contributed by atoms with E-state index in [1.807, 2.05) is 30.3 Å². The largest absolute Gasteiger partial charge is 0.545 e. The van der Waals surface area contributed by atoms with Gasteiger partial charge in [0.2, 0.25) is 0 Å². The summed E-state index contributed by atoms with van der Waals surface area (Å²) in [6.07, 6.45) is 0. The molecule has 104 valence electrons. The van der Waals surface area contributed by atoms with Crippen LogP contribution in [0.4, 0.5) is 0 Å². The number of rotatable bonds is 2. The number of benzene rings is 2. The van der Waals surface area contributed by atoms with Crippen LogP contribution in [-0.2, 0) is 0 Å². The van der Waals surface area contributed by atoms with Gasteiger partial charge in [0.15, 0.2) is 0 Å². The minimum absolute atomic E-state index is 0.107. The summed E-state index contributed by atoms with van der Waals surface area (Å²) >= 11 is 6.06. The first-order valence-electron chi connectivity index (χ1n) is 6.44. The number of carbonyl (C=O) groups is 1. The van der Waals surface area contributed by atoms with E-state index >= 15 is 0 Å². The molecule has 0 aliphatic carbocycles. The van der Waals surface area contributed by atoms with E-state index in [4.69, 9.17) is 11.6 Å². The highest BCUT2D eigenvalue weighted by atomic mass is 35.5. The highest BCUT2D eigenvalue weighted by molar-refractivity contribution is 6.31. The molecule has 0 radical (unpaired) electrons. The highest BCUT2D eigenvalue weighted by Gasteiger charge is 2.15. The number of nitrogens with zero attached hydrogens (tertiary/aromatic N) is 1. The zero-order valence-corrected chi connectivity index (χ0v) is 12.0. The molecule has 3 nitrogen and oxygen atoms in total. The number of pyridine rings is 1. The van der Waals surface area contributed by atoms with Gasteiger partial charge in [-0.25, -0.2) is 0 Å². The first kappa shape index (κ1) is 13.6. The van der Waals surface area contributed by atoms with E-state index in [9.17, 15) is 9.90 Å². The van der Waals surface area contributed by atoms with Crippen molar-refractivity contribution in [2.75, 3.05) is 0 Å². The number of halogens is 1. The van der Waals surface area contributed by atoms with Crippen molar-refractivity contribution in [2.45, 2.75) is 6.92 Å². The van der Waals surface area contributed by atoms with Crippen molar-refractivity contribution in [3.05, 3.63) is 64.8 Å². The molecule has 3 rings (SSSR count). The number of carboxylic acids is 1. The van der Waals surface area contributed by atoms with E-state index in [-0.39, 0.29) is 5.56 Å². The quantitative estimate of drug-likeness (QED) is 0.729. The van der Waals surface area contributed by atoms with Gasteiger partial charge in [-0.3, -0.25) is 4.98 Å². The molecule has 0 bridgehead atoms. The lowest BCUT2D eigenvalue weighted by Gasteiger charge is -2.16. The number of carbonyl (C=O) groups excluding carboxylic acids is 1. The van der Waals surface area contributed by atoms with E-state index < -0.39 is 5.97 Å².